The van der Waals surface area contributed by atoms with E-state index in [9.17, 15) is 9.59 Å². The Balaban J connectivity index is 1.82. The van der Waals surface area contributed by atoms with Gasteiger partial charge in [-0.1, -0.05) is 50.2 Å². The Morgan fingerprint density at radius 2 is 2.07 bits per heavy atom. The summed E-state index contributed by atoms with van der Waals surface area (Å²) in [5, 5.41) is 0.677. The van der Waals surface area contributed by atoms with Gasteiger partial charge in [-0.05, 0) is 25.5 Å². The lowest BCUT2D eigenvalue weighted by Crippen LogP contribution is -2.26. The number of aromatic nitrogens is 1. The van der Waals surface area contributed by atoms with E-state index in [1.165, 1.54) is 17.3 Å². The van der Waals surface area contributed by atoms with Crippen molar-refractivity contribution in [1.82, 2.24) is 9.88 Å². The van der Waals surface area contributed by atoms with Crippen LogP contribution in [-0.4, -0.2) is 27.3 Å². The van der Waals surface area contributed by atoms with Gasteiger partial charge in [0.2, 0.25) is 11.8 Å². The molecular weight excluding hydrogens is 360 g/mol. The third-order valence-electron chi connectivity index (χ3n) is 4.39. The molecule has 0 unspecified atom stereocenters. The van der Waals surface area contributed by atoms with Crippen LogP contribution in [0.1, 0.15) is 37.6 Å². The minimum atomic E-state index is -0.477. The van der Waals surface area contributed by atoms with Crippen LogP contribution < -0.4 is 0 Å². The third kappa shape index (κ3) is 4.33. The lowest BCUT2D eigenvalue weighted by Gasteiger charge is -2.18. The number of nitrogens with zero attached hydrogens (tertiary/aromatic N) is 2. The Kier molecular flexibility index (Phi) is 5.29. The van der Waals surface area contributed by atoms with Crippen molar-refractivity contribution in [3.05, 3.63) is 52.4 Å². The number of carbonyl (C=O) groups is 2. The highest BCUT2D eigenvalue weighted by Gasteiger charge is 2.30. The fourth-order valence-electron chi connectivity index (χ4n) is 2.75. The van der Waals surface area contributed by atoms with E-state index in [4.69, 9.17) is 4.42 Å². The zero-order valence-electron chi connectivity index (χ0n) is 16.3. The molecule has 6 heteroatoms. The number of oxazole rings is 1. The highest BCUT2D eigenvalue weighted by atomic mass is 32.2. The second kappa shape index (κ2) is 7.35. The van der Waals surface area contributed by atoms with Gasteiger partial charge >= 0.3 is 0 Å². The van der Waals surface area contributed by atoms with Crippen molar-refractivity contribution in [2.24, 2.45) is 5.41 Å². The Labute approximate surface area is 163 Å². The largest absolute Gasteiger partial charge is 0.444 e. The summed E-state index contributed by atoms with van der Waals surface area (Å²) >= 11 is 1.39. The molecule has 1 amide bonds. The van der Waals surface area contributed by atoms with Gasteiger partial charge < -0.3 is 4.42 Å². The van der Waals surface area contributed by atoms with Gasteiger partial charge in [-0.3, -0.25) is 14.5 Å². The number of allylic oxidation sites excluding steroid dienone is 1. The van der Waals surface area contributed by atoms with Crippen LogP contribution in [0.4, 0.5) is 0 Å². The van der Waals surface area contributed by atoms with Gasteiger partial charge in [-0.25, -0.2) is 4.98 Å². The molecule has 0 N–H and O–H groups in total. The molecule has 27 heavy (non-hydrogen) atoms. The van der Waals surface area contributed by atoms with Gasteiger partial charge in [-0.2, -0.15) is 0 Å². The molecule has 5 nitrogen and oxygen atoms in total. The number of rotatable bonds is 4. The molecule has 0 aliphatic carbocycles. The lowest BCUT2D eigenvalue weighted by atomic mass is 9.91. The van der Waals surface area contributed by atoms with Crippen molar-refractivity contribution in [2.75, 3.05) is 5.75 Å². The number of thioether (sulfide) groups is 1. The van der Waals surface area contributed by atoms with Crippen LogP contribution in [0, 0.1) is 19.3 Å². The van der Waals surface area contributed by atoms with Crippen molar-refractivity contribution >= 4 is 23.5 Å². The average Bonchev–Trinajstić information content (AvgIpc) is 3.16. The summed E-state index contributed by atoms with van der Waals surface area (Å²) in [5.74, 6) is 0.855. The van der Waals surface area contributed by atoms with E-state index in [-0.39, 0.29) is 11.7 Å². The molecule has 142 valence electrons. The Hall–Kier alpha value is -2.34. The van der Waals surface area contributed by atoms with Crippen molar-refractivity contribution in [2.45, 2.75) is 41.2 Å². The van der Waals surface area contributed by atoms with E-state index in [0.29, 0.717) is 28.9 Å². The molecule has 1 saturated heterocycles. The van der Waals surface area contributed by atoms with Crippen LogP contribution in [0.5, 0.6) is 0 Å². The van der Waals surface area contributed by atoms with E-state index in [1.807, 2.05) is 46.8 Å². The first-order valence-electron chi connectivity index (χ1n) is 8.86. The van der Waals surface area contributed by atoms with Crippen molar-refractivity contribution < 1.29 is 14.0 Å². The van der Waals surface area contributed by atoms with Gasteiger partial charge in [0.15, 0.2) is 5.78 Å². The monoisotopic (exact) mass is 384 g/mol. The van der Waals surface area contributed by atoms with Gasteiger partial charge in [0.1, 0.15) is 6.26 Å². The molecule has 0 saturated carbocycles. The molecule has 2 heterocycles. The zero-order chi connectivity index (χ0) is 19.8. The SMILES string of the molecule is Cc1ccc(-c2nc(CN3C(=O)CS/C3=C/C(=O)C(C)(C)C)co2)c(C)c1. The van der Waals surface area contributed by atoms with E-state index in [0.717, 1.165) is 11.1 Å². The van der Waals surface area contributed by atoms with E-state index in [2.05, 4.69) is 11.1 Å². The fraction of sp³-hybridized carbons (Fsp3) is 0.381. The molecule has 0 atom stereocenters. The Morgan fingerprint density at radius 3 is 2.74 bits per heavy atom. The summed E-state index contributed by atoms with van der Waals surface area (Å²) in [6.07, 6.45) is 3.15. The number of benzene rings is 1. The minimum Gasteiger partial charge on any atom is -0.444 e. The molecule has 1 aromatic carbocycles. The molecular formula is C21H24N2O3S. The summed E-state index contributed by atoms with van der Waals surface area (Å²) in [6.45, 7) is 9.96. The Bertz CT molecular complexity index is 922. The van der Waals surface area contributed by atoms with Crippen LogP contribution >= 0.6 is 11.8 Å². The van der Waals surface area contributed by atoms with Gasteiger partial charge in [-0.15, -0.1) is 0 Å². The molecule has 2 aromatic rings. The topological polar surface area (TPSA) is 63.4 Å². The average molecular weight is 385 g/mol. The third-order valence-corrected chi connectivity index (χ3v) is 5.41. The predicted octanol–water partition coefficient (Wildman–Crippen LogP) is 4.49. The summed E-state index contributed by atoms with van der Waals surface area (Å²) in [7, 11) is 0. The first kappa shape index (κ1) is 19.4. The van der Waals surface area contributed by atoms with E-state index in [1.54, 1.807) is 17.2 Å². The second-order valence-electron chi connectivity index (χ2n) is 7.83. The van der Waals surface area contributed by atoms with Gasteiger partial charge in [0, 0.05) is 17.1 Å². The second-order valence-corrected chi connectivity index (χ2v) is 8.82. The van der Waals surface area contributed by atoms with Crippen LogP contribution in [0.25, 0.3) is 11.5 Å². The summed E-state index contributed by atoms with van der Waals surface area (Å²) in [4.78, 5) is 30.8. The normalized spacial score (nSPS) is 16.4. The first-order valence-corrected chi connectivity index (χ1v) is 9.85. The molecule has 1 aliphatic heterocycles. The lowest BCUT2D eigenvalue weighted by molar-refractivity contribution is -0.125. The maximum atomic E-state index is 12.3. The zero-order valence-corrected chi connectivity index (χ0v) is 17.1. The fourth-order valence-corrected chi connectivity index (χ4v) is 3.69. The minimum absolute atomic E-state index is 0.000761. The van der Waals surface area contributed by atoms with Crippen molar-refractivity contribution in [1.29, 1.82) is 0 Å². The van der Waals surface area contributed by atoms with Gasteiger partial charge in [0.25, 0.3) is 0 Å². The molecule has 1 aliphatic rings. The number of ketones is 1. The summed E-state index contributed by atoms with van der Waals surface area (Å²) < 4.78 is 5.65. The molecule has 1 aromatic heterocycles. The Morgan fingerprint density at radius 1 is 1.33 bits per heavy atom. The maximum Gasteiger partial charge on any atom is 0.238 e. The number of amides is 1. The molecule has 1 fully saturated rings. The number of hydrogen-bond acceptors (Lipinski definition) is 5. The molecule has 3 rings (SSSR count). The van der Waals surface area contributed by atoms with E-state index >= 15 is 0 Å². The molecule has 0 spiro atoms. The quantitative estimate of drug-likeness (QED) is 0.727. The summed E-state index contributed by atoms with van der Waals surface area (Å²) in [5.41, 5.74) is 3.39. The first-order chi connectivity index (χ1) is 12.6. The standard InChI is InChI=1S/C21H24N2O3S/c1-13-6-7-16(14(2)8-13)20-22-15(11-26-20)10-23-18(25)12-27-19(23)9-17(24)21(3,4)5/h6-9,11H,10,12H2,1-5H3/b19-9+. The number of hydrogen-bond donors (Lipinski definition) is 0. The maximum absolute atomic E-state index is 12.3. The van der Waals surface area contributed by atoms with E-state index < -0.39 is 5.41 Å². The summed E-state index contributed by atoms with van der Waals surface area (Å²) in [6, 6.07) is 6.09. The number of aryl methyl sites for hydroxylation is 2. The smallest absolute Gasteiger partial charge is 0.238 e. The predicted molar refractivity (Wildman–Crippen MR) is 107 cm³/mol. The molecule has 0 radical (unpaired) electrons. The van der Waals surface area contributed by atoms with Gasteiger partial charge in [0.05, 0.1) is 23.0 Å². The van der Waals surface area contributed by atoms with Crippen LogP contribution in [0.3, 0.4) is 0 Å². The van der Waals surface area contributed by atoms with Crippen molar-refractivity contribution in [3.8, 4) is 11.5 Å². The van der Waals surface area contributed by atoms with Crippen molar-refractivity contribution in [3.63, 3.8) is 0 Å². The van der Waals surface area contributed by atoms with Crippen LogP contribution in [-0.2, 0) is 16.1 Å². The van der Waals surface area contributed by atoms with Crippen LogP contribution in [0.15, 0.2) is 40.0 Å². The highest BCUT2D eigenvalue weighted by molar-refractivity contribution is 8.04. The number of carbonyl (C=O) groups excluding carboxylic acids is 2. The highest BCUT2D eigenvalue weighted by Crippen LogP contribution is 2.32. The molecule has 0 bridgehead atoms. The van der Waals surface area contributed by atoms with Crippen LogP contribution in [0.2, 0.25) is 0 Å².